The zero-order valence-electron chi connectivity index (χ0n) is 9.24. The van der Waals surface area contributed by atoms with Gasteiger partial charge in [-0.3, -0.25) is 0 Å². The van der Waals surface area contributed by atoms with Crippen LogP contribution in [0.2, 0.25) is 0 Å². The zero-order chi connectivity index (χ0) is 10.1. The van der Waals surface area contributed by atoms with Crippen molar-refractivity contribution in [2.24, 2.45) is 0 Å². The fourth-order valence-corrected chi connectivity index (χ4v) is 2.10. The molecule has 0 radical (unpaired) electrons. The molecule has 0 unspecified atom stereocenters. The molecule has 1 fully saturated rings. The van der Waals surface area contributed by atoms with Crippen molar-refractivity contribution in [1.82, 2.24) is 25.1 Å². The second kappa shape index (κ2) is 6.14. The molecule has 0 bridgehead atoms. The van der Waals surface area contributed by atoms with Crippen molar-refractivity contribution in [1.29, 1.82) is 0 Å². The normalized spacial score (nSPS) is 16.2. The summed E-state index contributed by atoms with van der Waals surface area (Å²) in [6.45, 7) is 2.12. The fraction of sp³-hybridized carbons (Fsp3) is 0.500. The molecule has 1 aliphatic rings. The van der Waals surface area contributed by atoms with E-state index in [9.17, 15) is 0 Å². The van der Waals surface area contributed by atoms with E-state index in [0.717, 1.165) is 37.4 Å². The molecule has 0 aliphatic carbocycles. The van der Waals surface area contributed by atoms with E-state index >= 15 is 0 Å². The maximum absolute atomic E-state index is 4.29. The molecule has 2 aromatic heterocycles. The highest BCUT2D eigenvalue weighted by atomic mass is 35.5. The standard InChI is InChI=1S/C10H13N5.2ClH/c1-2-9-13-14-10(15(9)12-5-1)8-3-6-11-7-4-8;;/h1-2,5,8,11H,3-4,6-7H2;2*1H. The van der Waals surface area contributed by atoms with Gasteiger partial charge in [-0.15, -0.1) is 35.0 Å². The van der Waals surface area contributed by atoms with E-state index in [1.165, 1.54) is 0 Å². The second-order valence-electron chi connectivity index (χ2n) is 3.88. The van der Waals surface area contributed by atoms with Crippen LogP contribution in [0, 0.1) is 0 Å². The summed E-state index contributed by atoms with van der Waals surface area (Å²) in [5.41, 5.74) is 0.839. The van der Waals surface area contributed by atoms with Crippen LogP contribution in [0.3, 0.4) is 0 Å². The molecule has 17 heavy (non-hydrogen) atoms. The van der Waals surface area contributed by atoms with Gasteiger partial charge in [-0.25, -0.2) is 0 Å². The van der Waals surface area contributed by atoms with Crippen molar-refractivity contribution in [3.05, 3.63) is 24.2 Å². The van der Waals surface area contributed by atoms with Gasteiger partial charge in [0, 0.05) is 12.1 Å². The van der Waals surface area contributed by atoms with Crippen molar-refractivity contribution in [3.63, 3.8) is 0 Å². The summed E-state index contributed by atoms with van der Waals surface area (Å²) in [5.74, 6) is 1.50. The Hall–Kier alpha value is -0.910. The molecule has 3 rings (SSSR count). The van der Waals surface area contributed by atoms with Crippen LogP contribution >= 0.6 is 24.8 Å². The van der Waals surface area contributed by atoms with Crippen LogP contribution in [0.25, 0.3) is 5.65 Å². The van der Waals surface area contributed by atoms with Crippen LogP contribution in [-0.4, -0.2) is 32.9 Å². The first-order chi connectivity index (χ1) is 7.45. The van der Waals surface area contributed by atoms with E-state index in [1.54, 1.807) is 6.20 Å². The lowest BCUT2D eigenvalue weighted by Gasteiger charge is -2.20. The Kier molecular flexibility index (Phi) is 5.11. The molecule has 0 aromatic carbocycles. The molecule has 0 saturated carbocycles. The Bertz CT molecular complexity index is 466. The number of fused-ring (bicyclic) bond motifs is 1. The third-order valence-corrected chi connectivity index (χ3v) is 2.91. The van der Waals surface area contributed by atoms with Crippen LogP contribution in [0.5, 0.6) is 0 Å². The Labute approximate surface area is 112 Å². The lowest BCUT2D eigenvalue weighted by atomic mass is 9.97. The average Bonchev–Trinajstić information content (AvgIpc) is 2.74. The van der Waals surface area contributed by atoms with Gasteiger partial charge < -0.3 is 5.32 Å². The van der Waals surface area contributed by atoms with E-state index in [-0.39, 0.29) is 24.8 Å². The van der Waals surface area contributed by atoms with E-state index in [0.29, 0.717) is 5.92 Å². The van der Waals surface area contributed by atoms with Crippen molar-refractivity contribution in [2.45, 2.75) is 18.8 Å². The van der Waals surface area contributed by atoms with E-state index in [1.807, 2.05) is 16.6 Å². The van der Waals surface area contributed by atoms with Crippen molar-refractivity contribution >= 4 is 30.5 Å². The van der Waals surface area contributed by atoms with Crippen molar-refractivity contribution in [3.8, 4) is 0 Å². The summed E-state index contributed by atoms with van der Waals surface area (Å²) in [5, 5.41) is 16.0. The molecule has 5 nitrogen and oxygen atoms in total. The first-order valence-corrected chi connectivity index (χ1v) is 5.32. The van der Waals surface area contributed by atoms with E-state index in [4.69, 9.17) is 0 Å². The van der Waals surface area contributed by atoms with Crippen LogP contribution in [-0.2, 0) is 0 Å². The topological polar surface area (TPSA) is 55.1 Å². The zero-order valence-corrected chi connectivity index (χ0v) is 10.9. The highest BCUT2D eigenvalue weighted by Gasteiger charge is 2.20. The SMILES string of the molecule is Cl.Cl.c1cnn2c(C3CCNCC3)nnc2c1. The van der Waals surface area contributed by atoms with Gasteiger partial charge in [0.05, 0.1) is 0 Å². The molecule has 1 N–H and O–H groups in total. The molecule has 0 spiro atoms. The van der Waals surface area contributed by atoms with Crippen molar-refractivity contribution < 1.29 is 0 Å². The number of nitrogens with one attached hydrogen (secondary N) is 1. The average molecular weight is 276 g/mol. The van der Waals surface area contributed by atoms with Crippen LogP contribution in [0.15, 0.2) is 18.3 Å². The largest absolute Gasteiger partial charge is 0.317 e. The molecule has 1 aliphatic heterocycles. The minimum atomic E-state index is 0. The van der Waals surface area contributed by atoms with Gasteiger partial charge in [0.15, 0.2) is 11.5 Å². The molecular formula is C10H15Cl2N5. The molecule has 1 saturated heterocycles. The highest BCUT2D eigenvalue weighted by molar-refractivity contribution is 5.85. The van der Waals surface area contributed by atoms with Gasteiger partial charge in [-0.2, -0.15) is 9.61 Å². The Morgan fingerprint density at radius 2 is 1.94 bits per heavy atom. The second-order valence-corrected chi connectivity index (χ2v) is 3.88. The van der Waals surface area contributed by atoms with Gasteiger partial charge in [-0.1, -0.05) is 0 Å². The lowest BCUT2D eigenvalue weighted by Crippen LogP contribution is -2.27. The number of hydrogen-bond acceptors (Lipinski definition) is 4. The highest BCUT2D eigenvalue weighted by Crippen LogP contribution is 2.22. The monoisotopic (exact) mass is 275 g/mol. The Morgan fingerprint density at radius 3 is 2.71 bits per heavy atom. The van der Waals surface area contributed by atoms with Gasteiger partial charge in [-0.05, 0) is 38.1 Å². The molecule has 94 valence electrons. The third kappa shape index (κ3) is 2.68. The van der Waals surface area contributed by atoms with E-state index in [2.05, 4.69) is 20.6 Å². The fourth-order valence-electron chi connectivity index (χ4n) is 2.10. The van der Waals surface area contributed by atoms with Gasteiger partial charge in [0.2, 0.25) is 0 Å². The van der Waals surface area contributed by atoms with E-state index < -0.39 is 0 Å². The van der Waals surface area contributed by atoms with Crippen molar-refractivity contribution in [2.75, 3.05) is 13.1 Å². The lowest BCUT2D eigenvalue weighted by molar-refractivity contribution is 0.439. The quantitative estimate of drug-likeness (QED) is 0.856. The molecule has 3 heterocycles. The molecule has 0 atom stereocenters. The summed E-state index contributed by atoms with van der Waals surface area (Å²) in [6, 6.07) is 3.82. The number of hydrogen-bond donors (Lipinski definition) is 1. The minimum Gasteiger partial charge on any atom is -0.317 e. The molecular weight excluding hydrogens is 261 g/mol. The smallest absolute Gasteiger partial charge is 0.177 e. The summed E-state index contributed by atoms with van der Waals surface area (Å²) in [7, 11) is 0. The minimum absolute atomic E-state index is 0. The molecule has 2 aromatic rings. The number of nitrogens with zero attached hydrogens (tertiary/aromatic N) is 4. The Morgan fingerprint density at radius 1 is 1.18 bits per heavy atom. The van der Waals surface area contributed by atoms with Gasteiger partial charge in [0.1, 0.15) is 0 Å². The summed E-state index contributed by atoms with van der Waals surface area (Å²) >= 11 is 0. The van der Waals surface area contributed by atoms with Gasteiger partial charge >= 0.3 is 0 Å². The summed E-state index contributed by atoms with van der Waals surface area (Å²) in [6.07, 6.45) is 4.02. The third-order valence-electron chi connectivity index (χ3n) is 2.91. The number of piperidine rings is 1. The van der Waals surface area contributed by atoms with Crippen LogP contribution in [0.1, 0.15) is 24.6 Å². The predicted molar refractivity (Wildman–Crippen MR) is 70.1 cm³/mol. The summed E-state index contributed by atoms with van der Waals surface area (Å²) < 4.78 is 1.86. The molecule has 7 heteroatoms. The Balaban J connectivity index is 0.000000722. The first kappa shape index (κ1) is 14.2. The number of rotatable bonds is 1. The van der Waals surface area contributed by atoms with Gasteiger partial charge in [0.25, 0.3) is 0 Å². The van der Waals surface area contributed by atoms with Crippen LogP contribution in [0.4, 0.5) is 0 Å². The predicted octanol–water partition coefficient (Wildman–Crippen LogP) is 1.43. The number of halogens is 2. The maximum Gasteiger partial charge on any atom is 0.177 e. The summed E-state index contributed by atoms with van der Waals surface area (Å²) in [4.78, 5) is 0. The van der Waals surface area contributed by atoms with Crippen LogP contribution < -0.4 is 5.32 Å². The molecule has 0 amide bonds. The number of aromatic nitrogens is 4. The first-order valence-electron chi connectivity index (χ1n) is 5.32. The maximum atomic E-state index is 4.29.